The quantitative estimate of drug-likeness (QED) is 0.855. The van der Waals surface area contributed by atoms with Gasteiger partial charge < -0.3 is 0 Å². The van der Waals surface area contributed by atoms with Crippen LogP contribution in [0.4, 0.5) is 5.00 Å². The summed E-state index contributed by atoms with van der Waals surface area (Å²) >= 11 is 11.6. The van der Waals surface area contributed by atoms with Gasteiger partial charge in [0.2, 0.25) is 0 Å². The molecule has 3 nitrogen and oxygen atoms in total. The van der Waals surface area contributed by atoms with Gasteiger partial charge in [-0.25, -0.2) is 4.98 Å². The first-order valence-corrected chi connectivity index (χ1v) is 6.12. The summed E-state index contributed by atoms with van der Waals surface area (Å²) in [5.74, 6) is 0. The SMILES string of the molecule is CCN(c1cnc(Cl)s1)n1cccc1S. The Labute approximate surface area is 103 Å². The summed E-state index contributed by atoms with van der Waals surface area (Å²) in [5, 5.41) is 3.96. The van der Waals surface area contributed by atoms with Crippen molar-refractivity contribution in [3.63, 3.8) is 0 Å². The molecule has 0 aromatic carbocycles. The Bertz CT molecular complexity index is 452. The monoisotopic (exact) mass is 259 g/mol. The number of nitrogens with zero attached hydrogens (tertiary/aromatic N) is 3. The fourth-order valence-electron chi connectivity index (χ4n) is 1.35. The normalized spacial score (nSPS) is 10.6. The van der Waals surface area contributed by atoms with Crippen LogP contribution in [0.25, 0.3) is 0 Å². The summed E-state index contributed by atoms with van der Waals surface area (Å²) in [4.78, 5) is 4.03. The van der Waals surface area contributed by atoms with E-state index < -0.39 is 0 Å². The minimum absolute atomic E-state index is 0.552. The highest BCUT2D eigenvalue weighted by molar-refractivity contribution is 7.80. The van der Waals surface area contributed by atoms with E-state index >= 15 is 0 Å². The molecule has 0 N–H and O–H groups in total. The second-order valence-corrected chi connectivity index (χ2v) is 4.93. The average molecular weight is 260 g/mol. The molecule has 2 aromatic heterocycles. The molecule has 0 radical (unpaired) electrons. The third kappa shape index (κ3) is 2.14. The van der Waals surface area contributed by atoms with Crippen LogP contribution < -0.4 is 5.01 Å². The molecule has 0 amide bonds. The predicted molar refractivity (Wildman–Crippen MR) is 67.2 cm³/mol. The van der Waals surface area contributed by atoms with Crippen LogP contribution in [0.15, 0.2) is 29.6 Å². The van der Waals surface area contributed by atoms with Crippen molar-refractivity contribution in [2.24, 2.45) is 0 Å². The molecule has 0 saturated heterocycles. The minimum atomic E-state index is 0.552. The molecule has 2 aromatic rings. The molecule has 0 spiro atoms. The zero-order chi connectivity index (χ0) is 10.8. The molecule has 15 heavy (non-hydrogen) atoms. The topological polar surface area (TPSA) is 21.1 Å². The number of thiazole rings is 1. The van der Waals surface area contributed by atoms with E-state index in [4.69, 9.17) is 11.6 Å². The Morgan fingerprint density at radius 1 is 1.67 bits per heavy atom. The van der Waals surface area contributed by atoms with Gasteiger partial charge in [-0.3, -0.25) is 9.69 Å². The lowest BCUT2D eigenvalue weighted by atomic mass is 10.6. The van der Waals surface area contributed by atoms with Gasteiger partial charge in [0, 0.05) is 12.7 Å². The molecule has 6 heteroatoms. The minimum Gasteiger partial charge on any atom is -0.269 e. The lowest BCUT2D eigenvalue weighted by Gasteiger charge is -2.23. The maximum absolute atomic E-state index is 5.82. The Morgan fingerprint density at radius 2 is 2.47 bits per heavy atom. The molecular formula is C9H10ClN3S2. The van der Waals surface area contributed by atoms with Gasteiger partial charge in [0.1, 0.15) is 5.00 Å². The van der Waals surface area contributed by atoms with Gasteiger partial charge in [-0.05, 0) is 19.1 Å². The van der Waals surface area contributed by atoms with Crippen LogP contribution >= 0.6 is 35.6 Å². The standard InChI is InChI=1S/C9H10ClN3S2/c1-2-12(8-6-11-9(10)15-8)13-5-3-4-7(13)14/h3-6,14H,2H2,1H3. The van der Waals surface area contributed by atoms with E-state index in [0.29, 0.717) is 4.47 Å². The first-order chi connectivity index (χ1) is 7.22. The summed E-state index contributed by atoms with van der Waals surface area (Å²) in [6.07, 6.45) is 3.73. The van der Waals surface area contributed by atoms with Crippen LogP contribution in [0.2, 0.25) is 4.47 Å². The van der Waals surface area contributed by atoms with Crippen LogP contribution in [-0.4, -0.2) is 16.2 Å². The summed E-state index contributed by atoms with van der Waals surface area (Å²) < 4.78 is 2.52. The molecule has 0 fully saturated rings. The van der Waals surface area contributed by atoms with Crippen molar-refractivity contribution < 1.29 is 0 Å². The molecule has 0 bridgehead atoms. The number of rotatable bonds is 3. The summed E-state index contributed by atoms with van der Waals surface area (Å²) in [6, 6.07) is 3.89. The number of thiol groups is 1. The zero-order valence-electron chi connectivity index (χ0n) is 8.09. The molecule has 0 unspecified atom stereocenters. The Hall–Kier alpha value is -0.650. The Kier molecular flexibility index (Phi) is 3.23. The van der Waals surface area contributed by atoms with Crippen LogP contribution in [0.1, 0.15) is 6.92 Å². The molecule has 0 atom stereocenters. The Morgan fingerprint density at radius 3 is 2.93 bits per heavy atom. The third-order valence-corrected chi connectivity index (χ3v) is 3.47. The molecule has 0 aliphatic heterocycles. The van der Waals surface area contributed by atoms with E-state index in [1.165, 1.54) is 11.3 Å². The maximum atomic E-state index is 5.82. The van der Waals surface area contributed by atoms with Crippen LogP contribution in [0, 0.1) is 0 Å². The van der Waals surface area contributed by atoms with Gasteiger partial charge in [-0.1, -0.05) is 22.9 Å². The van der Waals surface area contributed by atoms with Gasteiger partial charge in [0.25, 0.3) is 0 Å². The van der Waals surface area contributed by atoms with E-state index in [1.807, 2.05) is 23.0 Å². The number of aromatic nitrogens is 2. The maximum Gasteiger partial charge on any atom is 0.185 e. The first-order valence-electron chi connectivity index (χ1n) is 4.48. The number of halogens is 1. The van der Waals surface area contributed by atoms with Crippen molar-refractivity contribution in [3.05, 3.63) is 29.0 Å². The zero-order valence-corrected chi connectivity index (χ0v) is 10.6. The molecule has 0 aliphatic carbocycles. The smallest absolute Gasteiger partial charge is 0.185 e. The molecule has 2 heterocycles. The van der Waals surface area contributed by atoms with E-state index in [9.17, 15) is 0 Å². The van der Waals surface area contributed by atoms with Crippen LogP contribution in [0.5, 0.6) is 0 Å². The van der Waals surface area contributed by atoms with E-state index in [0.717, 1.165) is 16.6 Å². The fourth-order valence-corrected chi connectivity index (χ4v) is 2.60. The van der Waals surface area contributed by atoms with E-state index in [-0.39, 0.29) is 0 Å². The highest BCUT2D eigenvalue weighted by Crippen LogP contribution is 2.28. The van der Waals surface area contributed by atoms with Crippen molar-refractivity contribution in [2.45, 2.75) is 11.9 Å². The van der Waals surface area contributed by atoms with Crippen molar-refractivity contribution >= 4 is 40.6 Å². The largest absolute Gasteiger partial charge is 0.269 e. The number of anilines is 1. The summed E-state index contributed by atoms with van der Waals surface area (Å²) in [5.41, 5.74) is 0. The Balaban J connectivity index is 2.36. The highest BCUT2D eigenvalue weighted by Gasteiger charge is 2.11. The predicted octanol–water partition coefficient (Wildman–Crippen LogP) is 3.18. The van der Waals surface area contributed by atoms with Crippen molar-refractivity contribution in [3.8, 4) is 0 Å². The van der Waals surface area contributed by atoms with Gasteiger partial charge in [0.15, 0.2) is 4.47 Å². The van der Waals surface area contributed by atoms with Gasteiger partial charge >= 0.3 is 0 Å². The second-order valence-electron chi connectivity index (χ2n) is 2.88. The van der Waals surface area contributed by atoms with Crippen LogP contribution in [0.3, 0.4) is 0 Å². The molecule has 2 rings (SSSR count). The third-order valence-electron chi connectivity index (χ3n) is 1.99. The lowest BCUT2D eigenvalue weighted by Crippen LogP contribution is -2.27. The second kappa shape index (κ2) is 4.47. The van der Waals surface area contributed by atoms with Crippen molar-refractivity contribution in [1.29, 1.82) is 0 Å². The summed E-state index contributed by atoms with van der Waals surface area (Å²) in [7, 11) is 0. The van der Waals surface area contributed by atoms with E-state index in [1.54, 1.807) is 6.20 Å². The average Bonchev–Trinajstić information content (AvgIpc) is 2.79. The van der Waals surface area contributed by atoms with Gasteiger partial charge in [-0.15, -0.1) is 12.6 Å². The molecule has 80 valence electrons. The van der Waals surface area contributed by atoms with Crippen molar-refractivity contribution in [2.75, 3.05) is 11.6 Å². The first kappa shape index (κ1) is 10.9. The molecular weight excluding hydrogens is 250 g/mol. The van der Waals surface area contributed by atoms with Crippen molar-refractivity contribution in [1.82, 2.24) is 9.66 Å². The highest BCUT2D eigenvalue weighted by atomic mass is 35.5. The number of hydrogen-bond donors (Lipinski definition) is 1. The van der Waals surface area contributed by atoms with Crippen LogP contribution in [-0.2, 0) is 0 Å². The molecule has 0 saturated carbocycles. The van der Waals surface area contributed by atoms with Gasteiger partial charge in [-0.2, -0.15) is 0 Å². The van der Waals surface area contributed by atoms with E-state index in [2.05, 4.69) is 29.5 Å². The lowest BCUT2D eigenvalue weighted by molar-refractivity contribution is 0.672. The number of hydrogen-bond acceptors (Lipinski definition) is 4. The molecule has 0 aliphatic rings. The summed E-state index contributed by atoms with van der Waals surface area (Å²) in [6.45, 7) is 2.90. The fraction of sp³-hybridized carbons (Fsp3) is 0.222. The van der Waals surface area contributed by atoms with Gasteiger partial charge in [0.05, 0.1) is 11.2 Å².